The number of hydrogen-bond donors (Lipinski definition) is 0. The molecule has 1 aromatic heterocycles. The molecule has 1 heterocycles. The molecule has 0 atom stereocenters. The van der Waals surface area contributed by atoms with E-state index in [1.807, 2.05) is 23.7 Å². The van der Waals surface area contributed by atoms with Crippen molar-refractivity contribution in [3.05, 3.63) is 47.7 Å². The number of Topliss-reactive ketones (excluding diaryl/α,β-unsaturated/α-hetero) is 1. The number of fused-ring (bicyclic) bond motifs is 3. The number of ketones is 1. The molecule has 0 saturated heterocycles. The predicted molar refractivity (Wildman–Crippen MR) is 64.7 cm³/mol. The Bertz CT molecular complexity index is 619. The minimum Gasteiger partial charge on any atom is -0.341 e. The zero-order chi connectivity index (χ0) is 11.3. The van der Waals surface area contributed by atoms with Crippen LogP contribution in [-0.2, 0) is 13.5 Å². The van der Waals surface area contributed by atoms with Crippen molar-refractivity contribution in [2.75, 3.05) is 0 Å². The molecular weight excluding hydrogens is 198 g/mol. The topological polar surface area (TPSA) is 22.0 Å². The molecule has 1 aliphatic rings. The highest BCUT2D eigenvalue weighted by Gasteiger charge is 2.25. The summed E-state index contributed by atoms with van der Waals surface area (Å²) in [5.74, 6) is 0.199. The second-order valence-corrected chi connectivity index (χ2v) is 4.43. The van der Waals surface area contributed by atoms with Gasteiger partial charge in [-0.2, -0.15) is 0 Å². The summed E-state index contributed by atoms with van der Waals surface area (Å²) in [6.45, 7) is 3.95. The fourth-order valence-electron chi connectivity index (χ4n) is 2.63. The average molecular weight is 211 g/mol. The zero-order valence-corrected chi connectivity index (χ0v) is 9.29. The van der Waals surface area contributed by atoms with Crippen LogP contribution in [0.3, 0.4) is 0 Å². The van der Waals surface area contributed by atoms with E-state index in [1.165, 1.54) is 5.39 Å². The van der Waals surface area contributed by atoms with E-state index in [0.29, 0.717) is 6.42 Å². The van der Waals surface area contributed by atoms with Gasteiger partial charge >= 0.3 is 0 Å². The minimum absolute atomic E-state index is 0.199. The highest BCUT2D eigenvalue weighted by Crippen LogP contribution is 2.32. The second-order valence-electron chi connectivity index (χ2n) is 4.43. The number of para-hydroxylation sites is 1. The molecule has 0 aliphatic heterocycles. The molecule has 0 fully saturated rings. The van der Waals surface area contributed by atoms with E-state index < -0.39 is 0 Å². The number of nitrogens with zero attached hydrogens (tertiary/aromatic N) is 1. The molecule has 0 unspecified atom stereocenters. The van der Waals surface area contributed by atoms with Gasteiger partial charge in [-0.05, 0) is 18.1 Å². The van der Waals surface area contributed by atoms with Gasteiger partial charge in [0.1, 0.15) is 0 Å². The van der Waals surface area contributed by atoms with Gasteiger partial charge in [0.25, 0.3) is 0 Å². The monoisotopic (exact) mass is 211 g/mol. The van der Waals surface area contributed by atoms with Gasteiger partial charge in [0, 0.05) is 24.4 Å². The molecule has 0 saturated carbocycles. The van der Waals surface area contributed by atoms with Gasteiger partial charge in [0.05, 0.1) is 5.69 Å². The van der Waals surface area contributed by atoms with E-state index in [0.717, 1.165) is 28.8 Å². The third-order valence-corrected chi connectivity index (χ3v) is 3.31. The summed E-state index contributed by atoms with van der Waals surface area (Å²) in [5, 5.41) is 1.19. The van der Waals surface area contributed by atoms with E-state index in [4.69, 9.17) is 0 Å². The first-order valence-electron chi connectivity index (χ1n) is 5.44. The maximum absolute atomic E-state index is 12.0. The van der Waals surface area contributed by atoms with Gasteiger partial charge in [0.15, 0.2) is 5.78 Å². The van der Waals surface area contributed by atoms with E-state index >= 15 is 0 Å². The van der Waals surface area contributed by atoms with Crippen molar-refractivity contribution in [1.29, 1.82) is 0 Å². The number of aryl methyl sites for hydroxylation is 1. The van der Waals surface area contributed by atoms with Gasteiger partial charge in [0.2, 0.25) is 0 Å². The Morgan fingerprint density at radius 2 is 2.00 bits per heavy atom. The third kappa shape index (κ3) is 1.10. The second kappa shape index (κ2) is 3.08. The number of aromatic nitrogens is 1. The van der Waals surface area contributed by atoms with Crippen molar-refractivity contribution in [2.24, 2.45) is 7.05 Å². The van der Waals surface area contributed by atoms with Crippen molar-refractivity contribution >= 4 is 16.7 Å². The summed E-state index contributed by atoms with van der Waals surface area (Å²) < 4.78 is 2.01. The highest BCUT2D eigenvalue weighted by molar-refractivity contribution is 6.05. The summed E-state index contributed by atoms with van der Waals surface area (Å²) in [4.78, 5) is 12.0. The zero-order valence-electron chi connectivity index (χ0n) is 9.29. The predicted octanol–water partition coefficient (Wildman–Crippen LogP) is 2.86. The first-order chi connectivity index (χ1) is 7.68. The Kier molecular flexibility index (Phi) is 1.81. The quantitative estimate of drug-likeness (QED) is 0.614. The van der Waals surface area contributed by atoms with Crippen molar-refractivity contribution in [2.45, 2.75) is 12.8 Å². The lowest BCUT2D eigenvalue weighted by Crippen LogP contribution is -2.15. The van der Waals surface area contributed by atoms with Crippen LogP contribution < -0.4 is 0 Å². The number of benzene rings is 1. The van der Waals surface area contributed by atoms with Crippen LogP contribution in [0.2, 0.25) is 0 Å². The first kappa shape index (κ1) is 9.40. The Morgan fingerprint density at radius 1 is 1.25 bits per heavy atom. The summed E-state index contributed by atoms with van der Waals surface area (Å²) in [6.07, 6.45) is 1.33. The molecule has 0 amide bonds. The third-order valence-electron chi connectivity index (χ3n) is 3.31. The number of rotatable bonds is 0. The lowest BCUT2D eigenvalue weighted by atomic mass is 9.91. The maximum atomic E-state index is 12.0. The molecule has 1 aromatic carbocycles. The number of carbonyl (C=O) groups excluding carboxylic acids is 1. The van der Waals surface area contributed by atoms with Crippen molar-refractivity contribution in [1.82, 2.24) is 4.57 Å². The van der Waals surface area contributed by atoms with Crippen LogP contribution in [0.4, 0.5) is 0 Å². The fraction of sp³-hybridized carbons (Fsp3) is 0.214. The molecule has 3 rings (SSSR count). The molecule has 2 heteroatoms. The summed E-state index contributed by atoms with van der Waals surface area (Å²) in [7, 11) is 1.97. The van der Waals surface area contributed by atoms with E-state index in [2.05, 4.69) is 18.7 Å². The number of carbonyl (C=O) groups is 1. The van der Waals surface area contributed by atoms with Crippen LogP contribution in [0.25, 0.3) is 10.9 Å². The number of hydrogen-bond acceptors (Lipinski definition) is 1. The molecule has 0 radical (unpaired) electrons. The van der Waals surface area contributed by atoms with E-state index in [1.54, 1.807) is 0 Å². The minimum atomic E-state index is 0.199. The van der Waals surface area contributed by atoms with E-state index in [-0.39, 0.29) is 5.78 Å². The highest BCUT2D eigenvalue weighted by atomic mass is 16.1. The van der Waals surface area contributed by atoms with Crippen LogP contribution in [0.5, 0.6) is 0 Å². The Labute approximate surface area is 94.2 Å². The largest absolute Gasteiger partial charge is 0.341 e. The smallest absolute Gasteiger partial charge is 0.183 e. The maximum Gasteiger partial charge on any atom is 0.183 e. The summed E-state index contributed by atoms with van der Waals surface area (Å²) in [5.41, 5.74) is 4.18. The van der Waals surface area contributed by atoms with Gasteiger partial charge < -0.3 is 4.57 Å². The van der Waals surface area contributed by atoms with Crippen LogP contribution in [0, 0.1) is 0 Å². The van der Waals surface area contributed by atoms with Crippen molar-refractivity contribution < 1.29 is 4.79 Å². The van der Waals surface area contributed by atoms with Gasteiger partial charge in [-0.15, -0.1) is 0 Å². The number of allylic oxidation sites excluding steroid dienone is 1. The normalized spacial score (nSPS) is 15.6. The SMILES string of the molecule is C=C1CC(=O)c2c(c3ccccc3n2C)C1. The Morgan fingerprint density at radius 3 is 2.81 bits per heavy atom. The van der Waals surface area contributed by atoms with Gasteiger partial charge in [-0.25, -0.2) is 0 Å². The molecule has 0 N–H and O–H groups in total. The van der Waals surface area contributed by atoms with Crippen LogP contribution in [0.1, 0.15) is 22.5 Å². The summed E-state index contributed by atoms with van der Waals surface area (Å²) in [6, 6.07) is 8.17. The van der Waals surface area contributed by atoms with Crippen molar-refractivity contribution in [3.8, 4) is 0 Å². The summed E-state index contributed by atoms with van der Waals surface area (Å²) >= 11 is 0. The van der Waals surface area contributed by atoms with E-state index in [9.17, 15) is 4.79 Å². The van der Waals surface area contributed by atoms with Crippen LogP contribution >= 0.6 is 0 Å². The standard InChI is InChI=1S/C14H13NO/c1-9-7-11-10-5-3-4-6-12(10)15(2)14(11)13(16)8-9/h3-6H,1,7-8H2,2H3. The molecule has 80 valence electrons. The van der Waals surface area contributed by atoms with Gasteiger partial charge in [-0.3, -0.25) is 4.79 Å². The Hall–Kier alpha value is -1.83. The molecule has 16 heavy (non-hydrogen) atoms. The molecule has 2 aromatic rings. The van der Waals surface area contributed by atoms with Crippen LogP contribution in [-0.4, -0.2) is 10.4 Å². The molecule has 1 aliphatic carbocycles. The average Bonchev–Trinajstić information content (AvgIpc) is 2.54. The van der Waals surface area contributed by atoms with Crippen molar-refractivity contribution in [3.63, 3.8) is 0 Å². The molecule has 0 bridgehead atoms. The van der Waals surface area contributed by atoms with Crippen LogP contribution in [0.15, 0.2) is 36.4 Å². The lowest BCUT2D eigenvalue weighted by molar-refractivity contribution is 0.0980. The Balaban J connectivity index is 2.43. The van der Waals surface area contributed by atoms with Gasteiger partial charge in [-0.1, -0.05) is 30.4 Å². The first-order valence-corrected chi connectivity index (χ1v) is 5.44. The molecule has 0 spiro atoms. The lowest BCUT2D eigenvalue weighted by Gasteiger charge is -2.14. The molecular formula is C14H13NO. The molecule has 2 nitrogen and oxygen atoms in total. The fourth-order valence-corrected chi connectivity index (χ4v) is 2.63.